The van der Waals surface area contributed by atoms with Crippen LogP contribution in [0.2, 0.25) is 0 Å². The lowest BCUT2D eigenvalue weighted by Gasteiger charge is -2.17. The molecule has 0 amide bonds. The molecule has 0 bridgehead atoms. The zero-order valence-electron chi connectivity index (χ0n) is 17.9. The van der Waals surface area contributed by atoms with Crippen LogP contribution < -0.4 is 14.6 Å². The molecule has 7 nitrogen and oxygen atoms in total. The van der Waals surface area contributed by atoms with Crippen LogP contribution in [-0.4, -0.2) is 34.7 Å². The van der Waals surface area contributed by atoms with E-state index < -0.39 is 11.8 Å². The first-order chi connectivity index (χ1) is 16.0. The van der Waals surface area contributed by atoms with Crippen LogP contribution in [-0.2, 0) is 11.2 Å². The van der Waals surface area contributed by atoms with Gasteiger partial charge in [0, 0.05) is 23.1 Å². The van der Waals surface area contributed by atoms with Crippen molar-refractivity contribution in [1.29, 1.82) is 0 Å². The first-order valence-corrected chi connectivity index (χ1v) is 10.7. The molecule has 0 spiro atoms. The van der Waals surface area contributed by atoms with E-state index in [1.165, 1.54) is 7.11 Å². The molecule has 3 aromatic carbocycles. The van der Waals surface area contributed by atoms with Gasteiger partial charge in [0.2, 0.25) is 0 Å². The number of hydrogen-bond acceptors (Lipinski definition) is 8. The summed E-state index contributed by atoms with van der Waals surface area (Å²) in [4.78, 5) is 26.0. The number of carbonyl (C=O) groups excluding carboxylic acids is 2. The number of aliphatic carboxylic acids is 1. The third-order valence-electron chi connectivity index (χ3n) is 5.19. The molecule has 0 unspecified atom stereocenters. The van der Waals surface area contributed by atoms with E-state index in [0.717, 1.165) is 17.3 Å². The van der Waals surface area contributed by atoms with Crippen molar-refractivity contribution in [2.75, 3.05) is 14.2 Å². The van der Waals surface area contributed by atoms with Crippen LogP contribution in [0.5, 0.6) is 11.5 Å². The van der Waals surface area contributed by atoms with Gasteiger partial charge in [-0.2, -0.15) is 8.75 Å². The number of carboxylic acids is 1. The lowest BCUT2D eigenvalue weighted by Crippen LogP contribution is -2.27. The van der Waals surface area contributed by atoms with Crippen molar-refractivity contribution in [2.45, 2.75) is 6.42 Å². The van der Waals surface area contributed by atoms with Gasteiger partial charge in [-0.05, 0) is 59.7 Å². The number of nitrogens with zero attached hydrogens (tertiary/aromatic N) is 2. The highest BCUT2D eigenvalue weighted by atomic mass is 32.1. The fourth-order valence-electron chi connectivity index (χ4n) is 3.54. The summed E-state index contributed by atoms with van der Waals surface area (Å²) >= 11 is 1.03. The zero-order valence-corrected chi connectivity index (χ0v) is 18.7. The number of carboxylic acid groups (broad SMARTS) is 1. The van der Waals surface area contributed by atoms with Crippen molar-refractivity contribution in [3.63, 3.8) is 0 Å². The number of allylic oxidation sites excluding steroid dienone is 1. The zero-order chi connectivity index (χ0) is 23.4. The maximum Gasteiger partial charge on any atom is 0.190 e. The normalized spacial score (nSPS) is 11.7. The molecule has 0 radical (unpaired) electrons. The van der Waals surface area contributed by atoms with Gasteiger partial charge in [-0.25, -0.2) is 0 Å². The second-order valence-corrected chi connectivity index (χ2v) is 7.72. The van der Waals surface area contributed by atoms with Crippen LogP contribution in [0.3, 0.4) is 0 Å². The lowest BCUT2D eigenvalue weighted by molar-refractivity contribution is -0.295. The van der Waals surface area contributed by atoms with E-state index in [0.29, 0.717) is 33.7 Å². The minimum Gasteiger partial charge on any atom is -0.545 e. The molecular formula is C25H19N2O5S-. The number of Topliss-reactive ketones (excluding diaryl/α,β-unsaturated/α-hetero) is 1. The Hall–Kier alpha value is -4.04. The predicted octanol–water partition coefficient (Wildman–Crippen LogP) is 3.34. The molecule has 0 N–H and O–H groups in total. The third kappa shape index (κ3) is 4.75. The van der Waals surface area contributed by atoms with Gasteiger partial charge < -0.3 is 19.4 Å². The molecular weight excluding hydrogens is 440 g/mol. The lowest BCUT2D eigenvalue weighted by atomic mass is 9.89. The van der Waals surface area contributed by atoms with Gasteiger partial charge in [0.1, 0.15) is 22.5 Å². The summed E-state index contributed by atoms with van der Waals surface area (Å²) in [6.45, 7) is 0. The number of aromatic nitrogens is 2. The molecule has 1 aromatic heterocycles. The quantitative estimate of drug-likeness (QED) is 0.294. The number of hydrogen-bond donors (Lipinski definition) is 0. The van der Waals surface area contributed by atoms with Crippen molar-refractivity contribution in [3.8, 4) is 11.5 Å². The van der Waals surface area contributed by atoms with Crippen LogP contribution in [0, 0.1) is 0 Å². The molecule has 0 aliphatic rings. The number of ketones is 1. The summed E-state index contributed by atoms with van der Waals surface area (Å²) in [6.07, 6.45) is 0.0682. The monoisotopic (exact) mass is 459 g/mol. The Labute approximate surface area is 194 Å². The van der Waals surface area contributed by atoms with Crippen molar-refractivity contribution in [1.82, 2.24) is 8.75 Å². The summed E-state index contributed by atoms with van der Waals surface area (Å²) in [7, 11) is 3.07. The number of fused-ring (bicyclic) bond motifs is 1. The van der Waals surface area contributed by atoms with Crippen molar-refractivity contribution in [2.24, 2.45) is 0 Å². The summed E-state index contributed by atoms with van der Waals surface area (Å²) in [6, 6.07) is 18.6. The fraction of sp³-hybridized carbons (Fsp3) is 0.120. The first kappa shape index (κ1) is 22.2. The molecule has 0 saturated heterocycles. The minimum atomic E-state index is -1.45. The average molecular weight is 460 g/mol. The van der Waals surface area contributed by atoms with E-state index in [1.807, 2.05) is 6.07 Å². The molecule has 0 fully saturated rings. The molecule has 4 rings (SSSR count). The highest BCUT2D eigenvalue weighted by Gasteiger charge is 2.21. The van der Waals surface area contributed by atoms with Crippen molar-refractivity contribution < 1.29 is 24.2 Å². The van der Waals surface area contributed by atoms with Crippen molar-refractivity contribution >= 4 is 40.1 Å². The molecule has 0 aliphatic heterocycles. The second kappa shape index (κ2) is 9.62. The van der Waals surface area contributed by atoms with Gasteiger partial charge in [-0.1, -0.05) is 18.2 Å². The number of carbonyl (C=O) groups is 2. The van der Waals surface area contributed by atoms with E-state index in [4.69, 9.17) is 9.47 Å². The Morgan fingerprint density at radius 2 is 1.55 bits per heavy atom. The SMILES string of the molecule is COc1ccc(C(=O)/C(Cc2cccc(OC)c2)=C(\C(=O)[O-])c2ccc3nsnc3c2)cc1. The van der Waals surface area contributed by atoms with Gasteiger partial charge >= 0.3 is 0 Å². The highest BCUT2D eigenvalue weighted by molar-refractivity contribution is 7.00. The maximum absolute atomic E-state index is 13.6. The summed E-state index contributed by atoms with van der Waals surface area (Å²) in [5.74, 6) is -0.673. The highest BCUT2D eigenvalue weighted by Crippen LogP contribution is 2.28. The Balaban J connectivity index is 1.89. The molecule has 0 aliphatic carbocycles. The molecule has 8 heteroatoms. The van der Waals surface area contributed by atoms with E-state index in [9.17, 15) is 14.7 Å². The number of rotatable bonds is 8. The van der Waals surface area contributed by atoms with E-state index in [1.54, 1.807) is 67.8 Å². The Morgan fingerprint density at radius 1 is 0.848 bits per heavy atom. The first-order valence-electron chi connectivity index (χ1n) is 9.99. The largest absolute Gasteiger partial charge is 0.545 e. The van der Waals surface area contributed by atoms with Crippen LogP contribution in [0.1, 0.15) is 21.5 Å². The topological polar surface area (TPSA) is 101 Å². The number of methoxy groups -OCH3 is 2. The van der Waals surface area contributed by atoms with Gasteiger partial charge in [0.05, 0.1) is 31.9 Å². The van der Waals surface area contributed by atoms with Crippen LogP contribution >= 0.6 is 11.7 Å². The predicted molar refractivity (Wildman–Crippen MR) is 123 cm³/mol. The maximum atomic E-state index is 13.6. The Bertz CT molecular complexity index is 1360. The molecule has 0 saturated carbocycles. The van der Waals surface area contributed by atoms with Gasteiger partial charge in [-0.3, -0.25) is 4.79 Å². The smallest absolute Gasteiger partial charge is 0.190 e. The summed E-state index contributed by atoms with van der Waals surface area (Å²) in [5, 5.41) is 12.4. The molecule has 4 aromatic rings. The number of benzene rings is 3. The molecule has 33 heavy (non-hydrogen) atoms. The van der Waals surface area contributed by atoms with Gasteiger partial charge in [0.15, 0.2) is 5.78 Å². The van der Waals surface area contributed by atoms with Crippen molar-refractivity contribution in [3.05, 3.63) is 89.0 Å². The van der Waals surface area contributed by atoms with E-state index >= 15 is 0 Å². The van der Waals surface area contributed by atoms with Crippen LogP contribution in [0.4, 0.5) is 0 Å². The molecule has 166 valence electrons. The fourth-order valence-corrected chi connectivity index (χ4v) is 4.06. The number of ether oxygens (including phenoxy) is 2. The van der Waals surface area contributed by atoms with Crippen LogP contribution in [0.15, 0.2) is 72.3 Å². The van der Waals surface area contributed by atoms with Gasteiger partial charge in [-0.15, -0.1) is 0 Å². The average Bonchev–Trinajstić information content (AvgIpc) is 3.31. The van der Waals surface area contributed by atoms with Crippen LogP contribution in [0.25, 0.3) is 16.6 Å². The van der Waals surface area contributed by atoms with E-state index in [-0.39, 0.29) is 17.6 Å². The Kier molecular flexibility index (Phi) is 6.46. The molecule has 0 atom stereocenters. The Morgan fingerprint density at radius 3 is 2.24 bits per heavy atom. The third-order valence-corrected chi connectivity index (χ3v) is 5.75. The molecule has 1 heterocycles. The minimum absolute atomic E-state index is 0.0682. The van der Waals surface area contributed by atoms with E-state index in [2.05, 4.69) is 8.75 Å². The standard InChI is InChI=1S/C25H20N2O5S/c1-31-18-9-6-16(7-10-18)24(28)20(13-15-4-3-5-19(12-15)32-2)23(25(29)30)17-8-11-21-22(14-17)27-33-26-21/h3-12,14H,13H2,1-2H3,(H,29,30)/p-1/b23-20-. The summed E-state index contributed by atoms with van der Waals surface area (Å²) < 4.78 is 18.8. The second-order valence-electron chi connectivity index (χ2n) is 7.19. The summed E-state index contributed by atoms with van der Waals surface area (Å²) in [5.41, 5.74) is 2.50. The van der Waals surface area contributed by atoms with Gasteiger partial charge in [0.25, 0.3) is 0 Å².